The molecule has 5 nitrogen and oxygen atoms in total. The van der Waals surface area contributed by atoms with Gasteiger partial charge >= 0.3 is 5.97 Å². The molecule has 1 N–H and O–H groups in total. The Labute approximate surface area is 130 Å². The SMILES string of the molecule is COc1ccccc1NC(=O)COC(=O)c1cc(F)ccc1F. The summed E-state index contributed by atoms with van der Waals surface area (Å²) in [6, 6.07) is 9.04. The number of halogens is 2. The number of carbonyl (C=O) groups is 2. The molecular formula is C16H13F2NO4. The Kier molecular flexibility index (Phi) is 5.24. The molecule has 0 bridgehead atoms. The van der Waals surface area contributed by atoms with Crippen molar-refractivity contribution < 1.29 is 27.8 Å². The van der Waals surface area contributed by atoms with Gasteiger partial charge in [-0.2, -0.15) is 0 Å². The number of para-hydroxylation sites is 2. The van der Waals surface area contributed by atoms with Crippen molar-refractivity contribution >= 4 is 17.6 Å². The average molecular weight is 321 g/mol. The monoisotopic (exact) mass is 321 g/mol. The summed E-state index contributed by atoms with van der Waals surface area (Å²) in [5.74, 6) is -3.04. The van der Waals surface area contributed by atoms with Crippen LogP contribution in [0.1, 0.15) is 10.4 Å². The van der Waals surface area contributed by atoms with Crippen LogP contribution in [0.3, 0.4) is 0 Å². The fourth-order valence-electron chi connectivity index (χ4n) is 1.80. The van der Waals surface area contributed by atoms with Crippen molar-refractivity contribution in [3.63, 3.8) is 0 Å². The molecule has 1 amide bonds. The summed E-state index contributed by atoms with van der Waals surface area (Å²) < 4.78 is 36.1. The molecule has 0 aliphatic carbocycles. The van der Waals surface area contributed by atoms with Gasteiger partial charge in [0.2, 0.25) is 0 Å². The zero-order valence-electron chi connectivity index (χ0n) is 12.1. The van der Waals surface area contributed by atoms with Crippen molar-refractivity contribution in [1.29, 1.82) is 0 Å². The lowest BCUT2D eigenvalue weighted by Gasteiger charge is -2.10. The standard InChI is InChI=1S/C16H13F2NO4/c1-22-14-5-3-2-4-13(14)19-15(20)9-23-16(21)11-8-10(17)6-7-12(11)18/h2-8H,9H2,1H3,(H,19,20). The third kappa shape index (κ3) is 4.26. The van der Waals surface area contributed by atoms with E-state index in [-0.39, 0.29) is 0 Å². The first kappa shape index (κ1) is 16.4. The Balaban J connectivity index is 1.96. The number of carbonyl (C=O) groups excluding carboxylic acids is 2. The molecule has 0 heterocycles. The summed E-state index contributed by atoms with van der Waals surface area (Å²) in [4.78, 5) is 23.4. The highest BCUT2D eigenvalue weighted by Gasteiger charge is 2.16. The molecule has 2 aromatic rings. The molecule has 0 spiro atoms. The van der Waals surface area contributed by atoms with E-state index < -0.39 is 35.7 Å². The van der Waals surface area contributed by atoms with Crippen LogP contribution in [-0.4, -0.2) is 25.6 Å². The number of amides is 1. The molecule has 0 aliphatic heterocycles. The lowest BCUT2D eigenvalue weighted by atomic mass is 10.2. The first-order valence-corrected chi connectivity index (χ1v) is 6.56. The summed E-state index contributed by atoms with van der Waals surface area (Å²) in [5.41, 5.74) is -0.178. The predicted octanol–water partition coefficient (Wildman–Crippen LogP) is 2.77. The second-order valence-electron chi connectivity index (χ2n) is 4.45. The number of methoxy groups -OCH3 is 1. The minimum Gasteiger partial charge on any atom is -0.495 e. The van der Waals surface area contributed by atoms with E-state index >= 15 is 0 Å². The summed E-state index contributed by atoms with van der Waals surface area (Å²) in [5, 5.41) is 2.49. The molecule has 0 atom stereocenters. The summed E-state index contributed by atoms with van der Waals surface area (Å²) >= 11 is 0. The van der Waals surface area contributed by atoms with Gasteiger partial charge in [-0.3, -0.25) is 4.79 Å². The van der Waals surface area contributed by atoms with Gasteiger partial charge in [0.25, 0.3) is 5.91 Å². The molecule has 0 saturated carbocycles. The van der Waals surface area contributed by atoms with Crippen molar-refractivity contribution in [3.05, 3.63) is 59.7 Å². The largest absolute Gasteiger partial charge is 0.495 e. The predicted molar refractivity (Wildman–Crippen MR) is 78.3 cm³/mol. The Morgan fingerprint density at radius 3 is 2.61 bits per heavy atom. The molecule has 120 valence electrons. The van der Waals surface area contributed by atoms with E-state index in [2.05, 4.69) is 10.1 Å². The lowest BCUT2D eigenvalue weighted by Crippen LogP contribution is -2.21. The first-order valence-electron chi connectivity index (χ1n) is 6.56. The Morgan fingerprint density at radius 2 is 1.87 bits per heavy atom. The maximum absolute atomic E-state index is 13.4. The maximum Gasteiger partial charge on any atom is 0.341 e. The second kappa shape index (κ2) is 7.35. The number of ether oxygens (including phenoxy) is 2. The highest BCUT2D eigenvalue weighted by atomic mass is 19.1. The Bertz CT molecular complexity index is 734. The molecule has 0 aliphatic rings. The highest BCUT2D eigenvalue weighted by molar-refractivity contribution is 5.96. The number of anilines is 1. The van der Waals surface area contributed by atoms with Gasteiger partial charge in [-0.15, -0.1) is 0 Å². The highest BCUT2D eigenvalue weighted by Crippen LogP contribution is 2.22. The molecule has 0 unspecified atom stereocenters. The summed E-state index contributed by atoms with van der Waals surface area (Å²) in [6.45, 7) is -0.646. The van der Waals surface area contributed by atoms with Crippen LogP contribution in [-0.2, 0) is 9.53 Å². The number of nitrogens with one attached hydrogen (secondary N) is 1. The third-order valence-corrected chi connectivity index (χ3v) is 2.86. The molecule has 2 rings (SSSR count). The van der Waals surface area contributed by atoms with Gasteiger partial charge < -0.3 is 14.8 Å². The van der Waals surface area contributed by atoms with Crippen molar-refractivity contribution in [2.45, 2.75) is 0 Å². The Morgan fingerprint density at radius 1 is 1.13 bits per heavy atom. The minimum atomic E-state index is -1.13. The van der Waals surface area contributed by atoms with Crippen molar-refractivity contribution in [2.75, 3.05) is 19.0 Å². The topological polar surface area (TPSA) is 64.6 Å². The number of hydrogen-bond donors (Lipinski definition) is 1. The van der Waals surface area contributed by atoms with Gasteiger partial charge in [-0.05, 0) is 30.3 Å². The van der Waals surface area contributed by atoms with Gasteiger partial charge in [0.05, 0.1) is 18.4 Å². The molecule has 7 heteroatoms. The van der Waals surface area contributed by atoms with Crippen LogP contribution in [0, 0.1) is 11.6 Å². The van der Waals surface area contributed by atoms with E-state index in [1.54, 1.807) is 24.3 Å². The second-order valence-corrected chi connectivity index (χ2v) is 4.45. The van der Waals surface area contributed by atoms with Crippen molar-refractivity contribution in [2.24, 2.45) is 0 Å². The lowest BCUT2D eigenvalue weighted by molar-refractivity contribution is -0.119. The van der Waals surface area contributed by atoms with Gasteiger partial charge in [0, 0.05) is 0 Å². The third-order valence-electron chi connectivity index (χ3n) is 2.86. The minimum absolute atomic E-state index is 0.396. The maximum atomic E-state index is 13.4. The van der Waals surface area contributed by atoms with Crippen LogP contribution in [0.15, 0.2) is 42.5 Å². The molecule has 23 heavy (non-hydrogen) atoms. The quantitative estimate of drug-likeness (QED) is 0.860. The van der Waals surface area contributed by atoms with E-state index in [0.717, 1.165) is 12.1 Å². The van der Waals surface area contributed by atoms with E-state index in [4.69, 9.17) is 4.74 Å². The zero-order valence-corrected chi connectivity index (χ0v) is 12.1. The van der Waals surface area contributed by atoms with Crippen LogP contribution in [0.4, 0.5) is 14.5 Å². The smallest absolute Gasteiger partial charge is 0.341 e. The molecule has 0 saturated heterocycles. The van der Waals surface area contributed by atoms with E-state index in [1.165, 1.54) is 7.11 Å². The normalized spacial score (nSPS) is 10.0. The zero-order chi connectivity index (χ0) is 16.8. The van der Waals surface area contributed by atoms with E-state index in [1.807, 2.05) is 0 Å². The molecule has 0 radical (unpaired) electrons. The van der Waals surface area contributed by atoms with Crippen LogP contribution < -0.4 is 10.1 Å². The van der Waals surface area contributed by atoms with Crippen LogP contribution in [0.5, 0.6) is 5.75 Å². The van der Waals surface area contributed by atoms with Gasteiger partial charge in [0.1, 0.15) is 17.4 Å². The number of esters is 1. The summed E-state index contributed by atoms with van der Waals surface area (Å²) in [6.07, 6.45) is 0. The van der Waals surface area contributed by atoms with Crippen molar-refractivity contribution in [3.8, 4) is 5.75 Å². The number of rotatable bonds is 5. The van der Waals surface area contributed by atoms with Crippen LogP contribution in [0.25, 0.3) is 0 Å². The molecule has 2 aromatic carbocycles. The molecule has 0 aromatic heterocycles. The van der Waals surface area contributed by atoms with Gasteiger partial charge in [-0.1, -0.05) is 12.1 Å². The number of hydrogen-bond acceptors (Lipinski definition) is 4. The fraction of sp³-hybridized carbons (Fsp3) is 0.125. The molecular weight excluding hydrogens is 308 g/mol. The fourth-order valence-corrected chi connectivity index (χ4v) is 1.80. The van der Waals surface area contributed by atoms with Crippen LogP contribution in [0.2, 0.25) is 0 Å². The Hall–Kier alpha value is -2.96. The van der Waals surface area contributed by atoms with Crippen LogP contribution >= 0.6 is 0 Å². The average Bonchev–Trinajstić information content (AvgIpc) is 2.55. The molecule has 0 fully saturated rings. The van der Waals surface area contributed by atoms with E-state index in [9.17, 15) is 18.4 Å². The first-order chi connectivity index (χ1) is 11.0. The number of benzene rings is 2. The van der Waals surface area contributed by atoms with Gasteiger partial charge in [-0.25, -0.2) is 13.6 Å². The van der Waals surface area contributed by atoms with E-state index in [0.29, 0.717) is 17.5 Å². The van der Waals surface area contributed by atoms with Gasteiger partial charge in [0.15, 0.2) is 6.61 Å². The van der Waals surface area contributed by atoms with Crippen molar-refractivity contribution in [1.82, 2.24) is 0 Å². The summed E-state index contributed by atoms with van der Waals surface area (Å²) in [7, 11) is 1.44.